The van der Waals surface area contributed by atoms with Crippen LogP contribution in [-0.4, -0.2) is 33.6 Å². The normalized spacial score (nSPS) is 22.9. The molecule has 1 fully saturated rings. The third-order valence-electron chi connectivity index (χ3n) is 3.23. The van der Waals surface area contributed by atoms with Crippen LogP contribution >= 0.6 is 0 Å². The van der Waals surface area contributed by atoms with Crippen LogP contribution in [-0.2, 0) is 6.54 Å². The van der Waals surface area contributed by atoms with Gasteiger partial charge in [0.15, 0.2) is 0 Å². The van der Waals surface area contributed by atoms with Gasteiger partial charge in [0.1, 0.15) is 0 Å². The van der Waals surface area contributed by atoms with E-state index in [1.807, 2.05) is 12.5 Å². The summed E-state index contributed by atoms with van der Waals surface area (Å²) in [4.78, 5) is 6.67. The molecule has 0 saturated carbocycles. The standard InChI is InChI=1S/C12H22N4/c1-10(2)16-9-14-6-12(16)8-15-5-3-4-11(13)7-15/h6,9-11H,3-5,7-8,13H2,1-2H3. The second-order valence-electron chi connectivity index (χ2n) is 5.02. The molecule has 1 aliphatic rings. The summed E-state index contributed by atoms with van der Waals surface area (Å²) >= 11 is 0. The Balaban J connectivity index is 2.00. The van der Waals surface area contributed by atoms with Crippen molar-refractivity contribution in [3.05, 3.63) is 18.2 Å². The van der Waals surface area contributed by atoms with Gasteiger partial charge in [-0.3, -0.25) is 4.90 Å². The molecule has 1 aliphatic heterocycles. The molecule has 1 atom stereocenters. The Morgan fingerprint density at radius 2 is 2.38 bits per heavy atom. The molecule has 0 aliphatic carbocycles. The summed E-state index contributed by atoms with van der Waals surface area (Å²) in [6, 6.07) is 0.833. The fraction of sp³-hybridized carbons (Fsp3) is 0.750. The van der Waals surface area contributed by atoms with Gasteiger partial charge in [-0.05, 0) is 33.2 Å². The second kappa shape index (κ2) is 4.97. The minimum atomic E-state index is 0.351. The summed E-state index contributed by atoms with van der Waals surface area (Å²) in [5.41, 5.74) is 7.28. The van der Waals surface area contributed by atoms with E-state index in [1.54, 1.807) is 0 Å². The number of imidazole rings is 1. The monoisotopic (exact) mass is 222 g/mol. The number of hydrogen-bond donors (Lipinski definition) is 1. The van der Waals surface area contributed by atoms with Gasteiger partial charge in [0.05, 0.1) is 12.0 Å². The van der Waals surface area contributed by atoms with Crippen LogP contribution in [0.3, 0.4) is 0 Å². The van der Waals surface area contributed by atoms with Crippen LogP contribution in [0.4, 0.5) is 0 Å². The second-order valence-corrected chi connectivity index (χ2v) is 5.02. The van der Waals surface area contributed by atoms with E-state index in [-0.39, 0.29) is 0 Å². The Hall–Kier alpha value is -0.870. The van der Waals surface area contributed by atoms with E-state index in [4.69, 9.17) is 5.73 Å². The molecule has 16 heavy (non-hydrogen) atoms. The van der Waals surface area contributed by atoms with Gasteiger partial charge < -0.3 is 10.3 Å². The molecule has 0 spiro atoms. The van der Waals surface area contributed by atoms with E-state index in [0.29, 0.717) is 12.1 Å². The highest BCUT2D eigenvalue weighted by Crippen LogP contribution is 2.15. The van der Waals surface area contributed by atoms with Gasteiger partial charge in [-0.15, -0.1) is 0 Å². The molecule has 0 amide bonds. The molecule has 2 heterocycles. The van der Waals surface area contributed by atoms with Crippen molar-refractivity contribution < 1.29 is 0 Å². The van der Waals surface area contributed by atoms with E-state index < -0.39 is 0 Å². The van der Waals surface area contributed by atoms with E-state index in [1.165, 1.54) is 18.5 Å². The molecule has 90 valence electrons. The average molecular weight is 222 g/mol. The van der Waals surface area contributed by atoms with Crippen molar-refractivity contribution in [2.24, 2.45) is 5.73 Å². The molecular weight excluding hydrogens is 200 g/mol. The summed E-state index contributed by atoms with van der Waals surface area (Å²) < 4.78 is 2.24. The third kappa shape index (κ3) is 2.62. The van der Waals surface area contributed by atoms with E-state index in [9.17, 15) is 0 Å². The van der Waals surface area contributed by atoms with Crippen LogP contribution < -0.4 is 5.73 Å². The third-order valence-corrected chi connectivity index (χ3v) is 3.23. The predicted molar refractivity (Wildman–Crippen MR) is 65.1 cm³/mol. The number of hydrogen-bond acceptors (Lipinski definition) is 3. The zero-order valence-corrected chi connectivity index (χ0v) is 10.3. The summed E-state index contributed by atoms with van der Waals surface area (Å²) in [6.45, 7) is 7.53. The molecule has 4 heteroatoms. The fourth-order valence-corrected chi connectivity index (χ4v) is 2.38. The SMILES string of the molecule is CC(C)n1cncc1CN1CCCC(N)C1. The fourth-order valence-electron chi connectivity index (χ4n) is 2.38. The van der Waals surface area contributed by atoms with Crippen molar-refractivity contribution in [2.45, 2.75) is 45.3 Å². The molecule has 0 bridgehead atoms. The minimum Gasteiger partial charge on any atom is -0.331 e. The van der Waals surface area contributed by atoms with E-state index in [2.05, 4.69) is 28.3 Å². The smallest absolute Gasteiger partial charge is 0.0951 e. The number of nitrogens with two attached hydrogens (primary N) is 1. The maximum atomic E-state index is 5.99. The van der Waals surface area contributed by atoms with Crippen LogP contribution in [0.5, 0.6) is 0 Å². The van der Waals surface area contributed by atoms with Gasteiger partial charge in [0.25, 0.3) is 0 Å². The molecular formula is C12H22N4. The van der Waals surface area contributed by atoms with Gasteiger partial charge in [0.2, 0.25) is 0 Å². The molecule has 4 nitrogen and oxygen atoms in total. The van der Waals surface area contributed by atoms with Crippen LogP contribution in [0.1, 0.15) is 38.4 Å². The topological polar surface area (TPSA) is 47.1 Å². The molecule has 1 aromatic heterocycles. The highest BCUT2D eigenvalue weighted by Gasteiger charge is 2.18. The molecule has 2 rings (SSSR count). The van der Waals surface area contributed by atoms with Crippen LogP contribution in [0.2, 0.25) is 0 Å². The van der Waals surface area contributed by atoms with Gasteiger partial charge >= 0.3 is 0 Å². The van der Waals surface area contributed by atoms with Gasteiger partial charge in [-0.1, -0.05) is 0 Å². The first-order valence-corrected chi connectivity index (χ1v) is 6.15. The largest absolute Gasteiger partial charge is 0.331 e. The Kier molecular flexibility index (Phi) is 3.61. The number of aromatic nitrogens is 2. The lowest BCUT2D eigenvalue weighted by Gasteiger charge is -2.30. The molecule has 1 saturated heterocycles. The van der Waals surface area contributed by atoms with Crippen LogP contribution in [0, 0.1) is 0 Å². The van der Waals surface area contributed by atoms with E-state index in [0.717, 1.165) is 19.6 Å². The molecule has 1 aromatic rings. The van der Waals surface area contributed by atoms with Crippen molar-refractivity contribution in [1.29, 1.82) is 0 Å². The van der Waals surface area contributed by atoms with Crippen molar-refractivity contribution in [2.75, 3.05) is 13.1 Å². The van der Waals surface area contributed by atoms with Crippen molar-refractivity contribution in [1.82, 2.24) is 14.5 Å². The minimum absolute atomic E-state index is 0.351. The Morgan fingerprint density at radius 1 is 1.56 bits per heavy atom. The Labute approximate surface area is 97.4 Å². The Bertz CT molecular complexity index is 332. The maximum absolute atomic E-state index is 5.99. The number of rotatable bonds is 3. The van der Waals surface area contributed by atoms with Crippen molar-refractivity contribution in [3.8, 4) is 0 Å². The first kappa shape index (κ1) is 11.6. The number of likely N-dealkylation sites (tertiary alicyclic amines) is 1. The lowest BCUT2D eigenvalue weighted by Crippen LogP contribution is -2.42. The number of piperidine rings is 1. The van der Waals surface area contributed by atoms with Crippen LogP contribution in [0.15, 0.2) is 12.5 Å². The van der Waals surface area contributed by atoms with Gasteiger partial charge in [-0.2, -0.15) is 0 Å². The highest BCUT2D eigenvalue weighted by molar-refractivity contribution is 5.00. The zero-order valence-electron chi connectivity index (χ0n) is 10.3. The average Bonchev–Trinajstić information content (AvgIpc) is 2.66. The zero-order chi connectivity index (χ0) is 11.5. The van der Waals surface area contributed by atoms with Crippen molar-refractivity contribution >= 4 is 0 Å². The lowest BCUT2D eigenvalue weighted by molar-refractivity contribution is 0.196. The quantitative estimate of drug-likeness (QED) is 0.840. The summed E-state index contributed by atoms with van der Waals surface area (Å²) in [7, 11) is 0. The summed E-state index contributed by atoms with van der Waals surface area (Å²) in [6.07, 6.45) is 6.28. The summed E-state index contributed by atoms with van der Waals surface area (Å²) in [5.74, 6) is 0. The lowest BCUT2D eigenvalue weighted by atomic mass is 10.1. The summed E-state index contributed by atoms with van der Waals surface area (Å²) in [5, 5.41) is 0. The van der Waals surface area contributed by atoms with Crippen molar-refractivity contribution in [3.63, 3.8) is 0 Å². The van der Waals surface area contributed by atoms with Gasteiger partial charge in [-0.25, -0.2) is 4.98 Å². The highest BCUT2D eigenvalue weighted by atomic mass is 15.2. The Morgan fingerprint density at radius 3 is 3.06 bits per heavy atom. The number of nitrogens with zero attached hydrogens (tertiary/aromatic N) is 3. The maximum Gasteiger partial charge on any atom is 0.0951 e. The molecule has 1 unspecified atom stereocenters. The van der Waals surface area contributed by atoms with E-state index >= 15 is 0 Å². The van der Waals surface area contributed by atoms with Gasteiger partial charge in [0, 0.05) is 31.4 Å². The van der Waals surface area contributed by atoms with Crippen LogP contribution in [0.25, 0.3) is 0 Å². The first-order valence-electron chi connectivity index (χ1n) is 6.15. The first-order chi connectivity index (χ1) is 7.66. The predicted octanol–water partition coefficient (Wildman–Crippen LogP) is 1.39. The molecule has 2 N–H and O–H groups in total. The molecule has 0 aromatic carbocycles. The molecule has 0 radical (unpaired) electrons.